The molecule has 2 atom stereocenters. The molecule has 116 valence electrons. The summed E-state index contributed by atoms with van der Waals surface area (Å²) in [5, 5.41) is 0. The maximum atomic E-state index is 13.6. The Kier molecular flexibility index (Phi) is 4.83. The maximum absolute atomic E-state index is 13.6. The van der Waals surface area contributed by atoms with Crippen LogP contribution in [0.2, 0.25) is 0 Å². The fourth-order valence-electron chi connectivity index (χ4n) is 3.00. The molecule has 0 heterocycles. The van der Waals surface area contributed by atoms with Gasteiger partial charge in [-0.1, -0.05) is 12.5 Å². The van der Waals surface area contributed by atoms with Gasteiger partial charge < -0.3 is 15.2 Å². The van der Waals surface area contributed by atoms with Crippen LogP contribution in [-0.2, 0) is 9.53 Å². The van der Waals surface area contributed by atoms with Crippen LogP contribution < -0.4 is 10.5 Å². The molecule has 1 aliphatic rings. The van der Waals surface area contributed by atoms with E-state index < -0.39 is 5.54 Å². The first-order valence-electron chi connectivity index (χ1n) is 7.23. The van der Waals surface area contributed by atoms with E-state index in [1.807, 2.05) is 6.92 Å². The molecular weight excluding hydrogens is 273 g/mol. The number of carbonyl (C=O) groups is 1. The van der Waals surface area contributed by atoms with E-state index >= 15 is 0 Å². The monoisotopic (exact) mass is 295 g/mol. The Balaban J connectivity index is 1.94. The molecule has 1 fully saturated rings. The Morgan fingerprint density at radius 3 is 3.00 bits per heavy atom. The zero-order chi connectivity index (χ0) is 15.5. The number of rotatable bonds is 5. The normalized spacial score (nSPS) is 24.9. The minimum absolute atomic E-state index is 0.0119. The van der Waals surface area contributed by atoms with Crippen molar-refractivity contribution in [2.45, 2.75) is 38.1 Å². The predicted molar refractivity (Wildman–Crippen MR) is 77.5 cm³/mol. The summed E-state index contributed by atoms with van der Waals surface area (Å²) < 4.78 is 23.9. The average molecular weight is 295 g/mol. The maximum Gasteiger partial charge on any atom is 0.326 e. The van der Waals surface area contributed by atoms with Gasteiger partial charge in [-0.25, -0.2) is 4.39 Å². The van der Waals surface area contributed by atoms with Gasteiger partial charge in [0.2, 0.25) is 0 Å². The third-order valence-electron chi connectivity index (χ3n) is 4.25. The molecule has 0 amide bonds. The number of methoxy groups -OCH3 is 1. The molecule has 5 heteroatoms. The van der Waals surface area contributed by atoms with Crippen LogP contribution in [-0.4, -0.2) is 25.2 Å². The Hall–Kier alpha value is -1.62. The number of nitrogens with two attached hydrogens (primary N) is 1. The van der Waals surface area contributed by atoms with Gasteiger partial charge in [0, 0.05) is 0 Å². The van der Waals surface area contributed by atoms with E-state index in [1.54, 1.807) is 12.1 Å². The van der Waals surface area contributed by atoms with Crippen LogP contribution in [0, 0.1) is 18.7 Å². The smallest absolute Gasteiger partial charge is 0.326 e. The molecule has 0 aromatic heterocycles. The number of carbonyl (C=O) groups excluding carboxylic acids is 1. The van der Waals surface area contributed by atoms with Crippen molar-refractivity contribution in [3.63, 3.8) is 0 Å². The predicted octanol–water partition coefficient (Wildman–Crippen LogP) is 2.57. The van der Waals surface area contributed by atoms with Gasteiger partial charge in [0.1, 0.15) is 5.54 Å². The van der Waals surface area contributed by atoms with Gasteiger partial charge >= 0.3 is 5.97 Å². The van der Waals surface area contributed by atoms with Crippen molar-refractivity contribution in [3.8, 4) is 5.75 Å². The molecule has 2 unspecified atom stereocenters. The number of aryl methyl sites for hydroxylation is 1. The first kappa shape index (κ1) is 15.8. The standard InChI is InChI=1S/C16H22FNO3/c1-11-5-6-13(17)14(10-11)21-9-7-12-4-3-8-16(12,18)15(19)20-2/h5-6,10,12H,3-4,7-9,18H2,1-2H3. The molecule has 21 heavy (non-hydrogen) atoms. The molecule has 0 aliphatic heterocycles. The lowest BCUT2D eigenvalue weighted by Gasteiger charge is -2.28. The zero-order valence-corrected chi connectivity index (χ0v) is 12.5. The summed E-state index contributed by atoms with van der Waals surface area (Å²) in [6, 6.07) is 4.75. The minimum atomic E-state index is -0.927. The van der Waals surface area contributed by atoms with Crippen LogP contribution in [0.15, 0.2) is 18.2 Å². The summed E-state index contributed by atoms with van der Waals surface area (Å²) in [4.78, 5) is 11.8. The van der Waals surface area contributed by atoms with E-state index in [9.17, 15) is 9.18 Å². The quantitative estimate of drug-likeness (QED) is 0.848. The van der Waals surface area contributed by atoms with Gasteiger partial charge in [0.05, 0.1) is 13.7 Å². The molecule has 1 aromatic rings. The Morgan fingerprint density at radius 2 is 2.29 bits per heavy atom. The van der Waals surface area contributed by atoms with Gasteiger partial charge in [0.15, 0.2) is 11.6 Å². The lowest BCUT2D eigenvalue weighted by Crippen LogP contribution is -2.52. The second-order valence-electron chi connectivity index (χ2n) is 5.69. The molecule has 4 nitrogen and oxygen atoms in total. The highest BCUT2D eigenvalue weighted by Gasteiger charge is 2.46. The van der Waals surface area contributed by atoms with Gasteiger partial charge in [-0.3, -0.25) is 4.79 Å². The molecule has 0 bridgehead atoms. The lowest BCUT2D eigenvalue weighted by atomic mass is 9.86. The number of hydrogen-bond donors (Lipinski definition) is 1. The average Bonchev–Trinajstić information content (AvgIpc) is 2.84. The number of benzene rings is 1. The Labute approximate surface area is 124 Å². The fraction of sp³-hybridized carbons (Fsp3) is 0.562. The van der Waals surface area contributed by atoms with Crippen LogP contribution >= 0.6 is 0 Å². The van der Waals surface area contributed by atoms with Gasteiger partial charge in [-0.15, -0.1) is 0 Å². The van der Waals surface area contributed by atoms with Crippen molar-refractivity contribution in [1.82, 2.24) is 0 Å². The van der Waals surface area contributed by atoms with Crippen LogP contribution in [0.4, 0.5) is 4.39 Å². The van der Waals surface area contributed by atoms with Gasteiger partial charge in [-0.05, 0) is 49.8 Å². The summed E-state index contributed by atoms with van der Waals surface area (Å²) in [6.07, 6.45) is 3.00. The summed E-state index contributed by atoms with van der Waals surface area (Å²) in [7, 11) is 1.35. The summed E-state index contributed by atoms with van der Waals surface area (Å²) >= 11 is 0. The van der Waals surface area contributed by atoms with E-state index in [4.69, 9.17) is 15.2 Å². The molecule has 1 aliphatic carbocycles. The summed E-state index contributed by atoms with van der Waals surface area (Å²) in [6.45, 7) is 2.21. The fourth-order valence-corrected chi connectivity index (χ4v) is 3.00. The molecule has 2 N–H and O–H groups in total. The van der Waals surface area contributed by atoms with Gasteiger partial charge in [-0.2, -0.15) is 0 Å². The molecule has 0 radical (unpaired) electrons. The van der Waals surface area contributed by atoms with Crippen LogP contribution in [0.25, 0.3) is 0 Å². The van der Waals surface area contributed by atoms with E-state index in [0.29, 0.717) is 19.4 Å². The van der Waals surface area contributed by atoms with Crippen molar-refractivity contribution in [1.29, 1.82) is 0 Å². The van der Waals surface area contributed by atoms with Crippen molar-refractivity contribution < 1.29 is 18.7 Å². The summed E-state index contributed by atoms with van der Waals surface area (Å²) in [5.41, 5.74) is 6.20. The Bertz CT molecular complexity index is 520. The third-order valence-corrected chi connectivity index (χ3v) is 4.25. The zero-order valence-electron chi connectivity index (χ0n) is 12.5. The minimum Gasteiger partial charge on any atom is -0.490 e. The number of hydrogen-bond acceptors (Lipinski definition) is 4. The third kappa shape index (κ3) is 3.35. The highest BCUT2D eigenvalue weighted by atomic mass is 19.1. The second kappa shape index (κ2) is 6.43. The van der Waals surface area contributed by atoms with Crippen LogP contribution in [0.3, 0.4) is 0 Å². The number of halogens is 1. The molecule has 1 saturated carbocycles. The lowest BCUT2D eigenvalue weighted by molar-refractivity contribution is -0.148. The molecule has 0 spiro atoms. The highest BCUT2D eigenvalue weighted by Crippen LogP contribution is 2.37. The van der Waals surface area contributed by atoms with E-state index in [1.165, 1.54) is 13.2 Å². The van der Waals surface area contributed by atoms with E-state index in [2.05, 4.69) is 0 Å². The number of ether oxygens (including phenoxy) is 2. The topological polar surface area (TPSA) is 61.5 Å². The second-order valence-corrected chi connectivity index (χ2v) is 5.69. The van der Waals surface area contributed by atoms with Crippen LogP contribution in [0.1, 0.15) is 31.2 Å². The highest BCUT2D eigenvalue weighted by molar-refractivity contribution is 5.81. The summed E-state index contributed by atoms with van der Waals surface area (Å²) in [5.74, 6) is -0.489. The molecule has 0 saturated heterocycles. The number of esters is 1. The van der Waals surface area contributed by atoms with Crippen molar-refractivity contribution in [2.24, 2.45) is 11.7 Å². The molecule has 1 aromatic carbocycles. The van der Waals surface area contributed by atoms with E-state index in [0.717, 1.165) is 18.4 Å². The Morgan fingerprint density at radius 1 is 1.52 bits per heavy atom. The van der Waals surface area contributed by atoms with Crippen LogP contribution in [0.5, 0.6) is 5.75 Å². The van der Waals surface area contributed by atoms with Crippen molar-refractivity contribution >= 4 is 5.97 Å². The first-order valence-corrected chi connectivity index (χ1v) is 7.23. The first-order chi connectivity index (χ1) is 9.97. The van der Waals surface area contributed by atoms with E-state index in [-0.39, 0.29) is 23.5 Å². The van der Waals surface area contributed by atoms with Gasteiger partial charge in [0.25, 0.3) is 0 Å². The molecule has 2 rings (SSSR count). The van der Waals surface area contributed by atoms with Crippen molar-refractivity contribution in [3.05, 3.63) is 29.6 Å². The SMILES string of the molecule is COC(=O)C1(N)CCCC1CCOc1cc(C)ccc1F. The molecular formula is C16H22FNO3. The largest absolute Gasteiger partial charge is 0.490 e. The van der Waals surface area contributed by atoms with Crippen molar-refractivity contribution in [2.75, 3.05) is 13.7 Å².